The van der Waals surface area contributed by atoms with E-state index in [0.29, 0.717) is 6.04 Å². The first-order chi connectivity index (χ1) is 6.72. The van der Waals surface area contributed by atoms with E-state index in [1.807, 2.05) is 6.20 Å². The molecule has 0 saturated heterocycles. The van der Waals surface area contributed by atoms with Gasteiger partial charge in [-0.2, -0.15) is 0 Å². The van der Waals surface area contributed by atoms with Crippen molar-refractivity contribution in [3.8, 4) is 0 Å². The van der Waals surface area contributed by atoms with Gasteiger partial charge in [-0.25, -0.2) is 4.98 Å². The Hall–Kier alpha value is -0.450. The fourth-order valence-electron chi connectivity index (χ4n) is 1.04. The number of hydrogen-bond donors (Lipinski definition) is 1. The molecule has 0 aliphatic heterocycles. The Labute approximate surface area is 89.5 Å². The predicted octanol–water partition coefficient (Wildman–Crippen LogP) is 1.83. The zero-order valence-electron chi connectivity index (χ0n) is 9.04. The molecular weight excluding hydrogens is 196 g/mol. The molecule has 0 atom stereocenters. The minimum Gasteiger partial charge on any atom is -0.384 e. The Kier molecular flexibility index (Phi) is 5.07. The third-order valence-electron chi connectivity index (χ3n) is 1.81. The zero-order valence-corrected chi connectivity index (χ0v) is 9.86. The molecular formula is C10H18N2OS. The molecule has 0 radical (unpaired) electrons. The molecule has 0 aliphatic carbocycles. The lowest BCUT2D eigenvalue weighted by molar-refractivity contribution is 0.202. The van der Waals surface area contributed by atoms with Crippen LogP contribution in [0.5, 0.6) is 0 Å². The number of nitrogens with zero attached hydrogens (tertiary/aromatic N) is 1. The number of nitrogens with one attached hydrogen (secondary N) is 1. The van der Waals surface area contributed by atoms with Gasteiger partial charge in [0.2, 0.25) is 0 Å². The van der Waals surface area contributed by atoms with Gasteiger partial charge < -0.3 is 10.1 Å². The number of ether oxygens (including phenoxy) is 1. The van der Waals surface area contributed by atoms with Gasteiger partial charge in [0.15, 0.2) is 0 Å². The van der Waals surface area contributed by atoms with Gasteiger partial charge in [-0.3, -0.25) is 0 Å². The number of thiazole rings is 1. The number of rotatable bonds is 6. The maximum Gasteiger partial charge on any atom is 0.0951 e. The average molecular weight is 214 g/mol. The van der Waals surface area contributed by atoms with Crippen molar-refractivity contribution in [2.75, 3.05) is 13.7 Å². The fraction of sp³-hybridized carbons (Fsp3) is 0.700. The summed E-state index contributed by atoms with van der Waals surface area (Å²) in [5.41, 5.74) is 0. The summed E-state index contributed by atoms with van der Waals surface area (Å²) in [6.07, 6.45) is 2.87. The summed E-state index contributed by atoms with van der Waals surface area (Å²) in [4.78, 5) is 5.63. The lowest BCUT2D eigenvalue weighted by Gasteiger charge is -2.04. The highest BCUT2D eigenvalue weighted by molar-refractivity contribution is 7.11. The molecule has 0 unspecified atom stereocenters. The molecule has 4 heteroatoms. The Morgan fingerprint density at radius 3 is 3.00 bits per heavy atom. The van der Waals surface area contributed by atoms with Crippen LogP contribution in [0.3, 0.4) is 0 Å². The van der Waals surface area contributed by atoms with Crippen molar-refractivity contribution < 1.29 is 4.74 Å². The van der Waals surface area contributed by atoms with Crippen molar-refractivity contribution in [3.63, 3.8) is 0 Å². The summed E-state index contributed by atoms with van der Waals surface area (Å²) in [7, 11) is 1.72. The molecule has 1 rings (SSSR count). The third kappa shape index (κ3) is 4.17. The second kappa shape index (κ2) is 6.11. The van der Waals surface area contributed by atoms with Gasteiger partial charge in [0.25, 0.3) is 0 Å². The van der Waals surface area contributed by atoms with E-state index in [9.17, 15) is 0 Å². The van der Waals surface area contributed by atoms with E-state index in [0.717, 1.165) is 24.6 Å². The van der Waals surface area contributed by atoms with E-state index in [1.54, 1.807) is 18.4 Å². The van der Waals surface area contributed by atoms with Crippen LogP contribution < -0.4 is 5.32 Å². The molecule has 1 aromatic rings. The molecule has 0 spiro atoms. The molecule has 0 aromatic carbocycles. The van der Waals surface area contributed by atoms with Crippen LogP contribution in [0.25, 0.3) is 0 Å². The second-order valence-electron chi connectivity index (χ2n) is 3.50. The molecule has 14 heavy (non-hydrogen) atoms. The molecule has 1 N–H and O–H groups in total. The summed E-state index contributed by atoms with van der Waals surface area (Å²) in [5, 5.41) is 4.53. The van der Waals surface area contributed by atoms with Crippen LogP contribution in [0.15, 0.2) is 6.20 Å². The molecule has 0 bridgehead atoms. The van der Waals surface area contributed by atoms with Gasteiger partial charge in [0, 0.05) is 37.2 Å². The molecule has 1 heterocycles. The minimum absolute atomic E-state index is 0.527. The molecule has 0 saturated carbocycles. The summed E-state index contributed by atoms with van der Waals surface area (Å²) < 4.78 is 5.00. The van der Waals surface area contributed by atoms with Gasteiger partial charge in [0.1, 0.15) is 0 Å². The topological polar surface area (TPSA) is 34.1 Å². The quantitative estimate of drug-likeness (QED) is 0.784. The van der Waals surface area contributed by atoms with E-state index in [2.05, 4.69) is 24.1 Å². The maximum absolute atomic E-state index is 5.00. The summed E-state index contributed by atoms with van der Waals surface area (Å²) in [6, 6.07) is 0.527. The third-order valence-corrected chi connectivity index (χ3v) is 2.86. The van der Waals surface area contributed by atoms with Gasteiger partial charge >= 0.3 is 0 Å². The highest BCUT2D eigenvalue weighted by Gasteiger charge is 2.02. The van der Waals surface area contributed by atoms with Gasteiger partial charge in [-0.1, -0.05) is 13.8 Å². The molecule has 1 aromatic heterocycles. The monoisotopic (exact) mass is 214 g/mol. The summed E-state index contributed by atoms with van der Waals surface area (Å²) in [5.74, 6) is 0. The molecule has 0 amide bonds. The Morgan fingerprint density at radius 2 is 2.36 bits per heavy atom. The van der Waals surface area contributed by atoms with E-state index in [1.165, 1.54) is 4.88 Å². The summed E-state index contributed by atoms with van der Waals surface area (Å²) in [6.45, 7) is 5.96. The van der Waals surface area contributed by atoms with E-state index in [-0.39, 0.29) is 0 Å². The first kappa shape index (κ1) is 11.6. The zero-order chi connectivity index (χ0) is 10.4. The minimum atomic E-state index is 0.527. The molecule has 80 valence electrons. The van der Waals surface area contributed by atoms with Crippen LogP contribution in [0.1, 0.15) is 23.7 Å². The van der Waals surface area contributed by atoms with Gasteiger partial charge in [0.05, 0.1) is 11.6 Å². The average Bonchev–Trinajstić information content (AvgIpc) is 2.59. The van der Waals surface area contributed by atoms with Crippen LogP contribution in [-0.2, 0) is 17.7 Å². The fourth-order valence-corrected chi connectivity index (χ4v) is 1.89. The van der Waals surface area contributed by atoms with Crippen LogP contribution in [0.2, 0.25) is 0 Å². The normalized spacial score (nSPS) is 11.1. The number of methoxy groups -OCH3 is 1. The first-order valence-electron chi connectivity index (χ1n) is 4.88. The van der Waals surface area contributed by atoms with Crippen molar-refractivity contribution in [1.82, 2.24) is 10.3 Å². The molecule has 0 fully saturated rings. The van der Waals surface area contributed by atoms with Crippen molar-refractivity contribution in [2.45, 2.75) is 32.9 Å². The van der Waals surface area contributed by atoms with Crippen LogP contribution >= 0.6 is 11.3 Å². The molecule has 3 nitrogen and oxygen atoms in total. The van der Waals surface area contributed by atoms with E-state index < -0.39 is 0 Å². The van der Waals surface area contributed by atoms with Crippen LogP contribution in [-0.4, -0.2) is 24.7 Å². The second-order valence-corrected chi connectivity index (χ2v) is 4.70. The number of hydrogen-bond acceptors (Lipinski definition) is 4. The SMILES string of the molecule is COCCc1ncc(CNC(C)C)s1. The standard InChI is InChI=1S/C10H18N2OS/c1-8(2)11-6-9-7-12-10(14-9)4-5-13-3/h7-8,11H,4-6H2,1-3H3. The predicted molar refractivity (Wildman–Crippen MR) is 59.7 cm³/mol. The Bertz CT molecular complexity index is 260. The van der Waals surface area contributed by atoms with Crippen LogP contribution in [0.4, 0.5) is 0 Å². The van der Waals surface area contributed by atoms with Crippen molar-refractivity contribution in [1.29, 1.82) is 0 Å². The number of aromatic nitrogens is 1. The Morgan fingerprint density at radius 1 is 1.57 bits per heavy atom. The Balaban J connectivity index is 2.35. The smallest absolute Gasteiger partial charge is 0.0951 e. The van der Waals surface area contributed by atoms with Crippen molar-refractivity contribution in [3.05, 3.63) is 16.1 Å². The highest BCUT2D eigenvalue weighted by Crippen LogP contribution is 2.13. The lowest BCUT2D eigenvalue weighted by atomic mass is 10.4. The largest absolute Gasteiger partial charge is 0.384 e. The lowest BCUT2D eigenvalue weighted by Crippen LogP contribution is -2.21. The maximum atomic E-state index is 5.00. The molecule has 0 aliphatic rings. The van der Waals surface area contributed by atoms with Crippen LogP contribution in [0, 0.1) is 0 Å². The van der Waals surface area contributed by atoms with E-state index in [4.69, 9.17) is 4.74 Å². The van der Waals surface area contributed by atoms with Crippen molar-refractivity contribution in [2.24, 2.45) is 0 Å². The van der Waals surface area contributed by atoms with E-state index >= 15 is 0 Å². The van der Waals surface area contributed by atoms with Gasteiger partial charge in [-0.15, -0.1) is 11.3 Å². The van der Waals surface area contributed by atoms with Crippen molar-refractivity contribution >= 4 is 11.3 Å². The first-order valence-corrected chi connectivity index (χ1v) is 5.70. The highest BCUT2D eigenvalue weighted by atomic mass is 32.1. The van der Waals surface area contributed by atoms with Gasteiger partial charge in [-0.05, 0) is 0 Å². The summed E-state index contributed by atoms with van der Waals surface area (Å²) >= 11 is 1.76.